The van der Waals surface area contributed by atoms with E-state index in [-0.39, 0.29) is 31.0 Å². The summed E-state index contributed by atoms with van der Waals surface area (Å²) in [6.07, 6.45) is -4.51. The van der Waals surface area contributed by atoms with Crippen molar-refractivity contribution >= 4 is 29.4 Å². The van der Waals surface area contributed by atoms with Gasteiger partial charge in [0.1, 0.15) is 12.1 Å². The average molecular weight is 658 g/mol. The van der Waals surface area contributed by atoms with Crippen molar-refractivity contribution in [1.29, 1.82) is 0 Å². The molecule has 0 aromatic heterocycles. The first kappa shape index (κ1) is 38.6. The molecule has 1 aliphatic rings. The lowest BCUT2D eigenvalue weighted by Gasteiger charge is -2.32. The number of carbonyl (C=O) groups is 5. The second-order valence-electron chi connectivity index (χ2n) is 11.6. The van der Waals surface area contributed by atoms with E-state index in [1.165, 1.54) is 43.0 Å². The van der Waals surface area contributed by atoms with E-state index < -0.39 is 59.6 Å². The van der Waals surface area contributed by atoms with Gasteiger partial charge in [0.15, 0.2) is 0 Å². The van der Waals surface area contributed by atoms with E-state index in [2.05, 4.69) is 21.3 Å². The van der Waals surface area contributed by atoms with Crippen molar-refractivity contribution in [3.8, 4) is 0 Å². The number of halogens is 3. The average Bonchev–Trinajstić information content (AvgIpc) is 3.50. The fraction of sp³-hybridized carbons (Fsp3) is 0.645. The monoisotopic (exact) mass is 657 g/mol. The van der Waals surface area contributed by atoms with Crippen molar-refractivity contribution < 1.29 is 46.6 Å². The standard InChI is InChI=1S/C31H46F3N5O7/c1-19(2)24(26(40)31(32,33)34)37-29(43)23-7-6-14-39(23)30(44)25(20(3)4)38-28(42)22-10-8-21(9-11-22)27(41)36-13-16-46-18-17-45-15-12-35-5/h8-11,19-20,23-25,35H,6-7,12-18H2,1-5H3,(H,36,41)(H,37,43)(H,38,42)/t23?,24?,25-/m0/s1. The molecule has 15 heteroatoms. The van der Waals surface area contributed by atoms with Crippen LogP contribution in [0.25, 0.3) is 0 Å². The largest absolute Gasteiger partial charge is 0.452 e. The Morgan fingerprint density at radius 1 is 0.826 bits per heavy atom. The highest BCUT2D eigenvalue weighted by molar-refractivity contribution is 6.00. The van der Waals surface area contributed by atoms with Crippen LogP contribution in [-0.4, -0.2) is 112 Å². The Labute approximate surface area is 267 Å². The molecule has 3 atom stereocenters. The van der Waals surface area contributed by atoms with Crippen LogP contribution < -0.4 is 21.3 Å². The van der Waals surface area contributed by atoms with Crippen LogP contribution in [0.15, 0.2) is 24.3 Å². The Bertz CT molecular complexity index is 1180. The van der Waals surface area contributed by atoms with Crippen molar-refractivity contribution in [3.63, 3.8) is 0 Å². The maximum atomic E-state index is 13.6. The smallest absolute Gasteiger partial charge is 0.378 e. The normalized spacial score (nSPS) is 16.3. The number of ether oxygens (including phenoxy) is 2. The number of amides is 4. The second kappa shape index (κ2) is 18.6. The first-order chi connectivity index (χ1) is 21.7. The van der Waals surface area contributed by atoms with Gasteiger partial charge in [-0.25, -0.2) is 0 Å². The van der Waals surface area contributed by atoms with Crippen LogP contribution in [-0.2, 0) is 23.9 Å². The number of likely N-dealkylation sites (tertiary alicyclic amines) is 1. The Morgan fingerprint density at radius 2 is 1.37 bits per heavy atom. The van der Waals surface area contributed by atoms with Gasteiger partial charge < -0.3 is 35.6 Å². The summed E-state index contributed by atoms with van der Waals surface area (Å²) in [5.41, 5.74) is 0.510. The Morgan fingerprint density at radius 3 is 1.89 bits per heavy atom. The van der Waals surface area contributed by atoms with Crippen LogP contribution in [0.2, 0.25) is 0 Å². The molecule has 0 radical (unpaired) electrons. The molecule has 258 valence electrons. The fourth-order valence-electron chi connectivity index (χ4n) is 4.79. The van der Waals surface area contributed by atoms with E-state index in [4.69, 9.17) is 9.47 Å². The number of hydrogen-bond acceptors (Lipinski definition) is 8. The SMILES string of the molecule is CNCCOCCOCCNC(=O)c1ccc(C(=O)N[C@H](C(=O)N2CCCC2C(=O)NC(C(=O)C(F)(F)F)C(C)C)C(C)C)cc1. The van der Waals surface area contributed by atoms with E-state index in [0.29, 0.717) is 38.4 Å². The molecule has 0 aliphatic carbocycles. The minimum atomic E-state index is -5.13. The maximum absolute atomic E-state index is 13.6. The van der Waals surface area contributed by atoms with Crippen LogP contribution in [0.4, 0.5) is 13.2 Å². The molecule has 1 aromatic carbocycles. The summed E-state index contributed by atoms with van der Waals surface area (Å²) in [6, 6.07) is 1.91. The lowest BCUT2D eigenvalue weighted by Crippen LogP contribution is -2.58. The van der Waals surface area contributed by atoms with Crippen molar-refractivity contribution in [2.45, 2.75) is 64.8 Å². The molecule has 4 amide bonds. The highest BCUT2D eigenvalue weighted by atomic mass is 19.4. The molecule has 1 saturated heterocycles. The number of nitrogens with one attached hydrogen (secondary N) is 4. The molecule has 4 N–H and O–H groups in total. The molecule has 2 unspecified atom stereocenters. The first-order valence-corrected chi connectivity index (χ1v) is 15.4. The summed E-state index contributed by atoms with van der Waals surface area (Å²) in [5, 5.41) is 10.6. The zero-order chi connectivity index (χ0) is 34.4. The molecule has 1 aromatic rings. The van der Waals surface area contributed by atoms with E-state index in [1.54, 1.807) is 13.8 Å². The topological polar surface area (TPSA) is 155 Å². The van der Waals surface area contributed by atoms with Gasteiger partial charge in [-0.15, -0.1) is 0 Å². The van der Waals surface area contributed by atoms with Gasteiger partial charge in [0, 0.05) is 30.8 Å². The third-order valence-corrected chi connectivity index (χ3v) is 7.39. The molecule has 46 heavy (non-hydrogen) atoms. The lowest BCUT2D eigenvalue weighted by atomic mass is 9.98. The molecule has 1 heterocycles. The second-order valence-corrected chi connectivity index (χ2v) is 11.6. The third-order valence-electron chi connectivity index (χ3n) is 7.39. The highest BCUT2D eigenvalue weighted by Gasteiger charge is 2.46. The van der Waals surface area contributed by atoms with E-state index in [9.17, 15) is 37.1 Å². The molecular formula is C31H46F3N5O7. The number of ketones is 1. The summed E-state index contributed by atoms with van der Waals surface area (Å²) < 4.78 is 50.0. The number of rotatable bonds is 18. The van der Waals surface area contributed by atoms with Crippen molar-refractivity contribution in [2.75, 3.05) is 53.1 Å². The van der Waals surface area contributed by atoms with Gasteiger partial charge in [-0.1, -0.05) is 27.7 Å². The number of likely N-dealkylation sites (N-methyl/N-ethyl adjacent to an activating group) is 1. The van der Waals surface area contributed by atoms with Gasteiger partial charge in [0.2, 0.25) is 11.8 Å². The summed E-state index contributed by atoms with van der Waals surface area (Å²) in [5.74, 6) is -5.65. The number of Topliss-reactive ketones (excluding diaryl/α,β-unsaturated/α-hetero) is 1. The highest BCUT2D eigenvalue weighted by Crippen LogP contribution is 2.24. The van der Waals surface area contributed by atoms with E-state index in [0.717, 1.165) is 6.54 Å². The Kier molecular flexibility index (Phi) is 15.6. The van der Waals surface area contributed by atoms with Crippen LogP contribution in [0, 0.1) is 11.8 Å². The maximum Gasteiger partial charge on any atom is 0.452 e. The molecule has 0 spiro atoms. The molecule has 1 fully saturated rings. The number of carbonyl (C=O) groups excluding carboxylic acids is 5. The van der Waals surface area contributed by atoms with Gasteiger partial charge in [-0.2, -0.15) is 13.2 Å². The first-order valence-electron chi connectivity index (χ1n) is 15.4. The number of alkyl halides is 3. The summed E-state index contributed by atoms with van der Waals surface area (Å²) in [6.45, 7) is 9.10. The van der Waals surface area contributed by atoms with Crippen molar-refractivity contribution in [1.82, 2.24) is 26.2 Å². The van der Waals surface area contributed by atoms with E-state index >= 15 is 0 Å². The van der Waals surface area contributed by atoms with Crippen LogP contribution >= 0.6 is 0 Å². The number of nitrogens with zero attached hydrogens (tertiary/aromatic N) is 1. The Balaban J connectivity index is 1.96. The van der Waals surface area contributed by atoms with Gasteiger partial charge in [0.05, 0.1) is 32.5 Å². The van der Waals surface area contributed by atoms with Gasteiger partial charge in [0.25, 0.3) is 17.6 Å². The van der Waals surface area contributed by atoms with Gasteiger partial charge in [-0.05, 0) is 56.0 Å². The van der Waals surface area contributed by atoms with Crippen LogP contribution in [0.1, 0.15) is 61.3 Å². The predicted octanol–water partition coefficient (Wildman–Crippen LogP) is 1.69. The van der Waals surface area contributed by atoms with Gasteiger partial charge >= 0.3 is 6.18 Å². The predicted molar refractivity (Wildman–Crippen MR) is 163 cm³/mol. The Hall–Kier alpha value is -3.56. The molecule has 12 nitrogen and oxygen atoms in total. The summed E-state index contributed by atoms with van der Waals surface area (Å²) in [7, 11) is 1.83. The lowest BCUT2D eigenvalue weighted by molar-refractivity contribution is -0.175. The zero-order valence-electron chi connectivity index (χ0n) is 27.0. The fourth-order valence-corrected chi connectivity index (χ4v) is 4.79. The zero-order valence-corrected chi connectivity index (χ0v) is 27.0. The quantitative estimate of drug-likeness (QED) is 0.174. The molecular weight excluding hydrogens is 611 g/mol. The van der Waals surface area contributed by atoms with Crippen molar-refractivity contribution in [2.24, 2.45) is 11.8 Å². The van der Waals surface area contributed by atoms with Crippen LogP contribution in [0.5, 0.6) is 0 Å². The summed E-state index contributed by atoms with van der Waals surface area (Å²) in [4.78, 5) is 65.3. The van der Waals surface area contributed by atoms with Gasteiger partial charge in [-0.3, -0.25) is 24.0 Å². The molecule has 1 aliphatic heterocycles. The van der Waals surface area contributed by atoms with E-state index in [1.807, 2.05) is 7.05 Å². The number of benzene rings is 1. The molecule has 0 saturated carbocycles. The van der Waals surface area contributed by atoms with Crippen molar-refractivity contribution in [3.05, 3.63) is 35.4 Å². The molecule has 0 bridgehead atoms. The minimum absolute atomic E-state index is 0.162. The van der Waals surface area contributed by atoms with Crippen LogP contribution in [0.3, 0.4) is 0 Å². The summed E-state index contributed by atoms with van der Waals surface area (Å²) >= 11 is 0. The number of hydrogen-bond donors (Lipinski definition) is 4. The molecule has 2 rings (SSSR count). The minimum Gasteiger partial charge on any atom is -0.378 e. The third kappa shape index (κ3) is 11.7.